The number of carbonyl (C=O) groups excluding carboxylic acids is 1. The normalized spacial score (nSPS) is 18.8. The second kappa shape index (κ2) is 6.57. The van der Waals surface area contributed by atoms with Gasteiger partial charge in [-0.2, -0.15) is 0 Å². The van der Waals surface area contributed by atoms with E-state index >= 15 is 0 Å². The molecule has 0 bridgehead atoms. The van der Waals surface area contributed by atoms with E-state index in [9.17, 15) is 13.6 Å². The highest BCUT2D eigenvalue weighted by atomic mass is 32.2. The Morgan fingerprint density at radius 2 is 2.00 bits per heavy atom. The number of hydrogen-bond donors (Lipinski definition) is 1. The third kappa shape index (κ3) is 3.95. The van der Waals surface area contributed by atoms with Gasteiger partial charge in [0.2, 0.25) is 5.92 Å². The van der Waals surface area contributed by atoms with Gasteiger partial charge in [0.05, 0.1) is 5.56 Å². The number of carbonyl (C=O) groups is 1. The molecule has 1 aliphatic carbocycles. The number of nitrogens with one attached hydrogen (secondary N) is 1. The molecule has 1 aromatic carbocycles. The number of halogens is 2. The predicted molar refractivity (Wildman–Crippen MR) is 77.5 cm³/mol. The van der Waals surface area contributed by atoms with E-state index < -0.39 is 5.92 Å². The molecule has 1 N–H and O–H groups in total. The summed E-state index contributed by atoms with van der Waals surface area (Å²) in [5, 5.41) is 2.89. The average molecular weight is 299 g/mol. The second-order valence-corrected chi connectivity index (χ2v) is 6.34. The van der Waals surface area contributed by atoms with Gasteiger partial charge in [0.25, 0.3) is 5.91 Å². The van der Waals surface area contributed by atoms with Gasteiger partial charge in [0.1, 0.15) is 0 Å². The van der Waals surface area contributed by atoms with Crippen molar-refractivity contribution in [3.63, 3.8) is 0 Å². The zero-order valence-corrected chi connectivity index (χ0v) is 12.3. The fourth-order valence-corrected chi connectivity index (χ4v) is 3.19. The first kappa shape index (κ1) is 15.3. The number of alkyl halides is 2. The molecule has 2 rings (SSSR count). The van der Waals surface area contributed by atoms with Crippen molar-refractivity contribution in [2.45, 2.75) is 49.5 Å². The van der Waals surface area contributed by atoms with Crippen LogP contribution >= 0.6 is 11.8 Å². The minimum atomic E-state index is -2.56. The van der Waals surface area contributed by atoms with Gasteiger partial charge < -0.3 is 5.32 Å². The lowest BCUT2D eigenvalue weighted by atomic mass is 9.92. The molecule has 0 atom stereocenters. The van der Waals surface area contributed by atoms with Crippen LogP contribution < -0.4 is 5.32 Å². The van der Waals surface area contributed by atoms with Crippen molar-refractivity contribution in [1.29, 1.82) is 0 Å². The molecule has 0 aliphatic heterocycles. The summed E-state index contributed by atoms with van der Waals surface area (Å²) in [6.45, 7) is 2.03. The number of benzene rings is 1. The van der Waals surface area contributed by atoms with Crippen molar-refractivity contribution in [2.24, 2.45) is 0 Å². The van der Waals surface area contributed by atoms with Crippen LogP contribution in [0.2, 0.25) is 0 Å². The van der Waals surface area contributed by atoms with Gasteiger partial charge in [-0.15, -0.1) is 11.8 Å². The Morgan fingerprint density at radius 1 is 1.35 bits per heavy atom. The Kier molecular flexibility index (Phi) is 5.02. The van der Waals surface area contributed by atoms with E-state index in [1.54, 1.807) is 17.8 Å². The quantitative estimate of drug-likeness (QED) is 0.848. The molecule has 1 aliphatic rings. The second-order valence-electron chi connectivity index (χ2n) is 5.03. The topological polar surface area (TPSA) is 29.1 Å². The van der Waals surface area contributed by atoms with E-state index in [4.69, 9.17) is 0 Å². The summed E-state index contributed by atoms with van der Waals surface area (Å²) in [7, 11) is 0. The first-order valence-corrected chi connectivity index (χ1v) is 7.91. The molecule has 1 aromatic rings. The molecular formula is C15H19F2NOS. The van der Waals surface area contributed by atoms with Crippen LogP contribution in [0.1, 0.15) is 43.0 Å². The van der Waals surface area contributed by atoms with E-state index in [1.165, 1.54) is 0 Å². The molecule has 2 nitrogen and oxygen atoms in total. The summed E-state index contributed by atoms with van der Waals surface area (Å²) in [6.07, 6.45) is 0.427. The number of hydrogen-bond acceptors (Lipinski definition) is 2. The van der Waals surface area contributed by atoms with Gasteiger partial charge in [-0.1, -0.05) is 19.1 Å². The summed E-state index contributed by atoms with van der Waals surface area (Å²) in [4.78, 5) is 13.2. The Balaban J connectivity index is 1.99. The third-order valence-electron chi connectivity index (χ3n) is 3.48. The monoisotopic (exact) mass is 299 g/mol. The average Bonchev–Trinajstić information content (AvgIpc) is 2.42. The lowest BCUT2D eigenvalue weighted by molar-refractivity contribution is -0.0399. The van der Waals surface area contributed by atoms with Crippen molar-refractivity contribution in [3.05, 3.63) is 29.8 Å². The van der Waals surface area contributed by atoms with E-state index in [1.807, 2.05) is 25.1 Å². The van der Waals surface area contributed by atoms with Crippen LogP contribution in [0.4, 0.5) is 8.78 Å². The van der Waals surface area contributed by atoms with Crippen LogP contribution in [-0.2, 0) is 0 Å². The van der Waals surface area contributed by atoms with Crippen LogP contribution in [0.3, 0.4) is 0 Å². The fourth-order valence-electron chi connectivity index (χ4n) is 2.38. The molecule has 1 amide bonds. The molecule has 0 spiro atoms. The van der Waals surface area contributed by atoms with Crippen LogP contribution in [-0.4, -0.2) is 23.6 Å². The van der Waals surface area contributed by atoms with E-state index in [0.29, 0.717) is 18.4 Å². The molecule has 20 heavy (non-hydrogen) atoms. The van der Waals surface area contributed by atoms with Crippen molar-refractivity contribution in [1.82, 2.24) is 5.32 Å². The van der Waals surface area contributed by atoms with Crippen molar-refractivity contribution in [3.8, 4) is 0 Å². The molecule has 0 heterocycles. The molecule has 1 fully saturated rings. The number of rotatable bonds is 4. The Labute approximate surface area is 122 Å². The minimum absolute atomic E-state index is 0.136. The van der Waals surface area contributed by atoms with Crippen LogP contribution in [0.25, 0.3) is 0 Å². The maximum Gasteiger partial charge on any atom is 0.252 e. The van der Waals surface area contributed by atoms with Crippen LogP contribution in [0.5, 0.6) is 0 Å². The van der Waals surface area contributed by atoms with Gasteiger partial charge in [-0.05, 0) is 30.7 Å². The van der Waals surface area contributed by atoms with Gasteiger partial charge >= 0.3 is 0 Å². The fraction of sp³-hybridized carbons (Fsp3) is 0.533. The maximum absolute atomic E-state index is 13.1. The van der Waals surface area contributed by atoms with E-state index in [0.717, 1.165) is 10.6 Å². The molecule has 110 valence electrons. The summed E-state index contributed by atoms with van der Waals surface area (Å²) < 4.78 is 26.2. The number of thioether (sulfide) groups is 1. The van der Waals surface area contributed by atoms with Gasteiger partial charge in [-0.3, -0.25) is 4.79 Å². The summed E-state index contributed by atoms with van der Waals surface area (Å²) >= 11 is 1.61. The molecule has 0 radical (unpaired) electrons. The standard InChI is InChI=1S/C15H19F2NOS/c1-2-20-13-6-4-3-5-12(13)14(19)18-11-7-9-15(16,17)10-8-11/h3-6,11H,2,7-10H2,1H3,(H,18,19). The van der Waals surface area contributed by atoms with E-state index in [2.05, 4.69) is 5.32 Å². The first-order valence-electron chi connectivity index (χ1n) is 6.92. The van der Waals surface area contributed by atoms with Gasteiger partial charge in [-0.25, -0.2) is 8.78 Å². The van der Waals surface area contributed by atoms with Crippen LogP contribution in [0, 0.1) is 0 Å². The minimum Gasteiger partial charge on any atom is -0.349 e. The largest absolute Gasteiger partial charge is 0.349 e. The predicted octanol–water partition coefficient (Wildman–Crippen LogP) is 4.11. The molecule has 0 unspecified atom stereocenters. The van der Waals surface area contributed by atoms with Gasteiger partial charge in [0, 0.05) is 23.8 Å². The lowest BCUT2D eigenvalue weighted by Crippen LogP contribution is -2.40. The molecule has 1 saturated carbocycles. The third-order valence-corrected chi connectivity index (χ3v) is 4.44. The van der Waals surface area contributed by atoms with Crippen molar-refractivity contribution >= 4 is 17.7 Å². The zero-order chi connectivity index (χ0) is 14.6. The maximum atomic E-state index is 13.1. The highest BCUT2D eigenvalue weighted by Crippen LogP contribution is 2.33. The van der Waals surface area contributed by atoms with Crippen molar-refractivity contribution < 1.29 is 13.6 Å². The van der Waals surface area contributed by atoms with Gasteiger partial charge in [0.15, 0.2) is 0 Å². The Morgan fingerprint density at radius 3 is 2.65 bits per heavy atom. The zero-order valence-electron chi connectivity index (χ0n) is 11.5. The van der Waals surface area contributed by atoms with Crippen LogP contribution in [0.15, 0.2) is 29.2 Å². The highest BCUT2D eigenvalue weighted by Gasteiger charge is 2.35. The summed E-state index contributed by atoms with van der Waals surface area (Å²) in [6, 6.07) is 7.28. The number of amides is 1. The summed E-state index contributed by atoms with van der Waals surface area (Å²) in [5.41, 5.74) is 0.636. The highest BCUT2D eigenvalue weighted by molar-refractivity contribution is 7.99. The summed E-state index contributed by atoms with van der Waals surface area (Å²) in [5.74, 6) is -1.83. The van der Waals surface area contributed by atoms with E-state index in [-0.39, 0.29) is 24.8 Å². The smallest absolute Gasteiger partial charge is 0.252 e. The molecule has 0 aromatic heterocycles. The molecular weight excluding hydrogens is 280 g/mol. The Bertz CT molecular complexity index is 469. The molecule has 0 saturated heterocycles. The van der Waals surface area contributed by atoms with Crippen molar-refractivity contribution in [2.75, 3.05) is 5.75 Å². The lowest BCUT2D eigenvalue weighted by Gasteiger charge is -2.29. The molecule has 5 heteroatoms. The first-order chi connectivity index (χ1) is 9.52. The SMILES string of the molecule is CCSc1ccccc1C(=O)NC1CCC(F)(F)CC1. The Hall–Kier alpha value is -1.10.